The van der Waals surface area contributed by atoms with Gasteiger partial charge in [-0.1, -0.05) is 32.1 Å². The molecule has 2 fully saturated rings. The molecule has 1 saturated carbocycles. The quantitative estimate of drug-likeness (QED) is 0.743. The maximum absolute atomic E-state index is 12.8. The first-order chi connectivity index (χ1) is 13.5. The second-order valence-electron chi connectivity index (χ2n) is 7.67. The van der Waals surface area contributed by atoms with Crippen LogP contribution in [0.4, 0.5) is 5.82 Å². The predicted octanol–water partition coefficient (Wildman–Crippen LogP) is 3.63. The Hall–Kier alpha value is -1.71. The molecule has 2 aliphatic rings. The predicted molar refractivity (Wildman–Crippen MR) is 109 cm³/mol. The number of hydrogen-bond donors (Lipinski definition) is 2. The minimum Gasteiger partial charge on any atom is -0.304 e. The van der Waals surface area contributed by atoms with E-state index in [2.05, 4.69) is 15.5 Å². The summed E-state index contributed by atoms with van der Waals surface area (Å²) in [5, 5.41) is 11.6. The maximum atomic E-state index is 12.8. The van der Waals surface area contributed by atoms with Gasteiger partial charge >= 0.3 is 0 Å². The van der Waals surface area contributed by atoms with Crippen molar-refractivity contribution in [2.24, 2.45) is 5.92 Å². The van der Waals surface area contributed by atoms with Gasteiger partial charge in [0.15, 0.2) is 5.82 Å². The number of amides is 1. The zero-order valence-electron chi connectivity index (χ0n) is 15.8. The van der Waals surface area contributed by atoms with Crippen molar-refractivity contribution in [3.63, 3.8) is 0 Å². The fourth-order valence-corrected chi connectivity index (χ4v) is 6.95. The van der Waals surface area contributed by atoms with E-state index >= 15 is 0 Å². The van der Waals surface area contributed by atoms with Gasteiger partial charge in [-0.05, 0) is 36.6 Å². The van der Waals surface area contributed by atoms with Gasteiger partial charge in [0.05, 0.1) is 0 Å². The summed E-state index contributed by atoms with van der Waals surface area (Å²) in [4.78, 5) is 13.0. The Kier molecular flexibility index (Phi) is 5.84. The van der Waals surface area contributed by atoms with E-state index in [1.807, 2.05) is 6.07 Å². The van der Waals surface area contributed by atoms with Crippen LogP contribution < -0.4 is 5.32 Å². The van der Waals surface area contributed by atoms with Crippen molar-refractivity contribution in [3.8, 4) is 0 Å². The molecule has 4 rings (SSSR count). The fourth-order valence-electron chi connectivity index (χ4n) is 4.14. The molecule has 28 heavy (non-hydrogen) atoms. The molecule has 0 aromatic carbocycles. The summed E-state index contributed by atoms with van der Waals surface area (Å²) in [5.41, 5.74) is 1.01. The summed E-state index contributed by atoms with van der Waals surface area (Å²) in [5.74, 6) is 0.685. The number of aromatic amines is 1. The Bertz CT molecular complexity index is 923. The van der Waals surface area contributed by atoms with Gasteiger partial charge in [-0.3, -0.25) is 9.89 Å². The number of carbonyl (C=O) groups is 1. The van der Waals surface area contributed by atoms with Gasteiger partial charge in [-0.25, -0.2) is 8.42 Å². The van der Waals surface area contributed by atoms with Gasteiger partial charge in [0.2, 0.25) is 10.0 Å². The van der Waals surface area contributed by atoms with Crippen LogP contribution >= 0.6 is 11.3 Å². The third-order valence-electron chi connectivity index (χ3n) is 5.62. The number of nitrogens with one attached hydrogen (secondary N) is 2. The lowest BCUT2D eigenvalue weighted by Crippen LogP contribution is -2.29. The summed E-state index contributed by atoms with van der Waals surface area (Å²) < 4.78 is 27.1. The molecule has 0 atom stereocenters. The van der Waals surface area contributed by atoms with E-state index in [4.69, 9.17) is 0 Å². The van der Waals surface area contributed by atoms with Crippen LogP contribution in [0.1, 0.15) is 60.3 Å². The summed E-state index contributed by atoms with van der Waals surface area (Å²) in [6.45, 7) is 1.03. The van der Waals surface area contributed by atoms with E-state index in [0.717, 1.165) is 36.3 Å². The molecule has 1 aliphatic carbocycles. The van der Waals surface area contributed by atoms with Crippen LogP contribution in [0.2, 0.25) is 0 Å². The van der Waals surface area contributed by atoms with E-state index in [-0.39, 0.29) is 9.77 Å². The lowest BCUT2D eigenvalue weighted by atomic mass is 9.86. The van der Waals surface area contributed by atoms with E-state index in [1.165, 1.54) is 42.5 Å². The van der Waals surface area contributed by atoms with Crippen molar-refractivity contribution >= 4 is 33.1 Å². The Labute approximate surface area is 169 Å². The number of aromatic nitrogens is 2. The molecule has 9 heteroatoms. The van der Waals surface area contributed by atoms with Crippen LogP contribution in [-0.2, 0) is 16.4 Å². The maximum Gasteiger partial charge on any atom is 0.268 e. The number of anilines is 1. The van der Waals surface area contributed by atoms with Crippen molar-refractivity contribution in [1.82, 2.24) is 14.5 Å². The molecule has 1 saturated heterocycles. The van der Waals surface area contributed by atoms with Crippen molar-refractivity contribution < 1.29 is 13.2 Å². The first-order valence-electron chi connectivity index (χ1n) is 9.97. The number of rotatable bonds is 6. The molecule has 7 nitrogen and oxygen atoms in total. The van der Waals surface area contributed by atoms with Crippen molar-refractivity contribution in [2.45, 2.75) is 56.3 Å². The average Bonchev–Trinajstić information content (AvgIpc) is 3.44. The molecule has 0 radical (unpaired) electrons. The number of sulfonamides is 1. The fraction of sp³-hybridized carbons (Fsp3) is 0.579. The summed E-state index contributed by atoms with van der Waals surface area (Å²) >= 11 is 1.14. The second kappa shape index (κ2) is 8.34. The van der Waals surface area contributed by atoms with E-state index in [0.29, 0.717) is 24.8 Å². The zero-order chi connectivity index (χ0) is 19.6. The Morgan fingerprint density at radius 2 is 1.96 bits per heavy atom. The van der Waals surface area contributed by atoms with E-state index in [1.54, 1.807) is 5.38 Å². The molecule has 3 heterocycles. The van der Waals surface area contributed by atoms with Crippen molar-refractivity contribution in [3.05, 3.63) is 28.1 Å². The largest absolute Gasteiger partial charge is 0.304 e. The normalized spacial score (nSPS) is 19.1. The molecular formula is C19H26N4O3S2. The van der Waals surface area contributed by atoms with Crippen LogP contribution in [0.15, 0.2) is 22.4 Å². The first-order valence-corrected chi connectivity index (χ1v) is 12.3. The van der Waals surface area contributed by atoms with Crippen LogP contribution in [0.25, 0.3) is 0 Å². The van der Waals surface area contributed by atoms with E-state index in [9.17, 15) is 13.2 Å². The van der Waals surface area contributed by atoms with Gasteiger partial charge in [0, 0.05) is 24.8 Å². The Morgan fingerprint density at radius 3 is 2.71 bits per heavy atom. The van der Waals surface area contributed by atoms with Gasteiger partial charge in [-0.2, -0.15) is 9.40 Å². The summed E-state index contributed by atoms with van der Waals surface area (Å²) in [7, 11) is -3.62. The molecule has 0 spiro atoms. The number of carbonyl (C=O) groups excluding carboxylic acids is 1. The topological polar surface area (TPSA) is 95.2 Å². The molecule has 1 aliphatic heterocycles. The summed E-state index contributed by atoms with van der Waals surface area (Å²) in [6.07, 6.45) is 9.05. The lowest BCUT2D eigenvalue weighted by molar-refractivity contribution is 0.102. The second-order valence-corrected chi connectivity index (χ2v) is 10.5. The minimum absolute atomic E-state index is 0.0925. The average molecular weight is 423 g/mol. The number of thiophene rings is 1. The summed E-state index contributed by atoms with van der Waals surface area (Å²) in [6, 6.07) is 3.38. The highest BCUT2D eigenvalue weighted by atomic mass is 32.2. The molecule has 0 unspecified atom stereocenters. The molecule has 0 bridgehead atoms. The van der Waals surface area contributed by atoms with Gasteiger partial charge in [0.1, 0.15) is 9.77 Å². The highest BCUT2D eigenvalue weighted by Gasteiger charge is 2.32. The standard InChI is InChI=1S/C19H26N4O3S2/c24-19(18-16(8-11-27-18)28(25,26)23-9-4-5-10-23)20-17-13-15(21-22-17)12-14-6-2-1-3-7-14/h8,11,13-14H,1-7,9-10,12H2,(H2,20,21,22,24). The highest BCUT2D eigenvalue weighted by Crippen LogP contribution is 2.29. The van der Waals surface area contributed by atoms with E-state index < -0.39 is 15.9 Å². The van der Waals surface area contributed by atoms with Crippen molar-refractivity contribution in [2.75, 3.05) is 18.4 Å². The molecule has 2 N–H and O–H groups in total. The molecule has 1 amide bonds. The monoisotopic (exact) mass is 422 g/mol. The number of nitrogens with zero attached hydrogens (tertiary/aromatic N) is 2. The smallest absolute Gasteiger partial charge is 0.268 e. The third-order valence-corrected chi connectivity index (χ3v) is 8.61. The Morgan fingerprint density at radius 1 is 1.21 bits per heavy atom. The van der Waals surface area contributed by atoms with Gasteiger partial charge < -0.3 is 5.32 Å². The van der Waals surface area contributed by atoms with Crippen LogP contribution in [0.3, 0.4) is 0 Å². The highest BCUT2D eigenvalue weighted by molar-refractivity contribution is 7.89. The van der Waals surface area contributed by atoms with Crippen LogP contribution in [-0.4, -0.2) is 41.9 Å². The van der Waals surface area contributed by atoms with Crippen molar-refractivity contribution in [1.29, 1.82) is 0 Å². The minimum atomic E-state index is -3.62. The molecular weight excluding hydrogens is 396 g/mol. The SMILES string of the molecule is O=C(Nc1cc(CC2CCCCC2)[nH]n1)c1sccc1S(=O)(=O)N1CCCC1. The molecule has 2 aromatic rings. The first kappa shape index (κ1) is 19.6. The van der Waals surface area contributed by atoms with Crippen LogP contribution in [0.5, 0.6) is 0 Å². The zero-order valence-corrected chi connectivity index (χ0v) is 17.4. The number of H-pyrrole nitrogens is 1. The lowest BCUT2D eigenvalue weighted by Gasteiger charge is -2.20. The van der Waals surface area contributed by atoms with Crippen LogP contribution in [0, 0.1) is 5.92 Å². The molecule has 2 aromatic heterocycles. The Balaban J connectivity index is 1.44. The van der Waals surface area contributed by atoms with Gasteiger partial charge in [-0.15, -0.1) is 11.3 Å². The molecule has 152 valence electrons. The van der Waals surface area contributed by atoms with Gasteiger partial charge in [0.25, 0.3) is 5.91 Å². The number of hydrogen-bond acceptors (Lipinski definition) is 5. The third kappa shape index (κ3) is 4.16.